The number of benzene rings is 1. The summed E-state index contributed by atoms with van der Waals surface area (Å²) < 4.78 is 0. The zero-order chi connectivity index (χ0) is 12.3. The quantitative estimate of drug-likeness (QED) is 0.267. The largest absolute Gasteiger partial charge is 0.356 e. The molecule has 0 atom stereocenters. The maximum Gasteiger partial charge on any atom is 0.191 e. The number of hydrogen-bond donors (Lipinski definition) is 2. The summed E-state index contributed by atoms with van der Waals surface area (Å²) in [5.74, 6) is 1.83. The summed E-state index contributed by atoms with van der Waals surface area (Å²) in [5.41, 5.74) is 0. The molecule has 0 aliphatic carbocycles. The number of nitrogens with zero attached hydrogens (tertiary/aromatic N) is 1. The Hall–Kier alpha value is -1.42. The van der Waals surface area contributed by atoms with Crippen molar-refractivity contribution in [2.24, 2.45) is 4.99 Å². The second kappa shape index (κ2) is 8.70. The van der Waals surface area contributed by atoms with Gasteiger partial charge in [0.15, 0.2) is 5.96 Å². The van der Waals surface area contributed by atoms with Gasteiger partial charge in [-0.15, -0.1) is 18.3 Å². The van der Waals surface area contributed by atoms with Crippen molar-refractivity contribution < 1.29 is 0 Å². The fraction of sp³-hybridized carbons (Fsp3) is 0.308. The van der Waals surface area contributed by atoms with Crippen LogP contribution in [0, 0.1) is 0 Å². The molecule has 2 N–H and O–H groups in total. The van der Waals surface area contributed by atoms with E-state index in [0.717, 1.165) is 24.8 Å². The third-order valence-electron chi connectivity index (χ3n) is 2.04. The number of aliphatic imine (C=N–C) groups is 1. The van der Waals surface area contributed by atoms with Gasteiger partial charge in [-0.25, -0.2) is 0 Å². The van der Waals surface area contributed by atoms with Crippen LogP contribution < -0.4 is 10.6 Å². The van der Waals surface area contributed by atoms with Gasteiger partial charge in [-0.1, -0.05) is 24.3 Å². The van der Waals surface area contributed by atoms with E-state index < -0.39 is 0 Å². The van der Waals surface area contributed by atoms with Crippen LogP contribution in [0.2, 0.25) is 0 Å². The van der Waals surface area contributed by atoms with E-state index in [2.05, 4.69) is 46.5 Å². The number of hydrogen-bond acceptors (Lipinski definition) is 2. The van der Waals surface area contributed by atoms with Crippen LogP contribution in [-0.4, -0.2) is 31.8 Å². The van der Waals surface area contributed by atoms with E-state index in [-0.39, 0.29) is 0 Å². The molecule has 17 heavy (non-hydrogen) atoms. The van der Waals surface area contributed by atoms with Crippen LogP contribution in [0.4, 0.5) is 0 Å². The van der Waals surface area contributed by atoms with Gasteiger partial charge in [0.05, 0.1) is 0 Å². The molecule has 92 valence electrons. The number of guanidine groups is 1. The summed E-state index contributed by atoms with van der Waals surface area (Å²) in [6, 6.07) is 10.4. The minimum Gasteiger partial charge on any atom is -0.356 e. The molecular weight excluding hydrogens is 230 g/mol. The van der Waals surface area contributed by atoms with Gasteiger partial charge < -0.3 is 10.6 Å². The molecule has 0 bridgehead atoms. The molecule has 4 heteroatoms. The Bertz CT molecular complexity index is 349. The Labute approximate surface area is 107 Å². The van der Waals surface area contributed by atoms with Crippen molar-refractivity contribution in [3.63, 3.8) is 0 Å². The Morgan fingerprint density at radius 2 is 2.12 bits per heavy atom. The Morgan fingerprint density at radius 1 is 1.35 bits per heavy atom. The Kier molecular flexibility index (Phi) is 6.98. The van der Waals surface area contributed by atoms with Crippen LogP contribution in [0.5, 0.6) is 0 Å². The first-order valence-corrected chi connectivity index (χ1v) is 6.58. The average Bonchev–Trinajstić information content (AvgIpc) is 2.39. The molecule has 0 aromatic heterocycles. The maximum atomic E-state index is 4.11. The number of thioether (sulfide) groups is 1. The van der Waals surface area contributed by atoms with E-state index in [1.807, 2.05) is 23.9 Å². The molecule has 0 spiro atoms. The molecule has 0 radical (unpaired) electrons. The highest BCUT2D eigenvalue weighted by Gasteiger charge is 1.95. The summed E-state index contributed by atoms with van der Waals surface area (Å²) in [4.78, 5) is 5.40. The van der Waals surface area contributed by atoms with Crippen LogP contribution >= 0.6 is 11.8 Å². The van der Waals surface area contributed by atoms with Crippen molar-refractivity contribution in [2.45, 2.75) is 4.90 Å². The maximum absolute atomic E-state index is 4.11. The topological polar surface area (TPSA) is 36.4 Å². The minimum absolute atomic E-state index is 0.728. The second-order valence-electron chi connectivity index (χ2n) is 3.33. The van der Waals surface area contributed by atoms with Crippen molar-refractivity contribution in [3.8, 4) is 0 Å². The van der Waals surface area contributed by atoms with Crippen molar-refractivity contribution in [2.75, 3.05) is 25.9 Å². The van der Waals surface area contributed by atoms with Gasteiger partial charge in [0.25, 0.3) is 0 Å². The summed E-state index contributed by atoms with van der Waals surface area (Å²) >= 11 is 1.83. The van der Waals surface area contributed by atoms with E-state index >= 15 is 0 Å². The fourth-order valence-corrected chi connectivity index (χ4v) is 2.03. The summed E-state index contributed by atoms with van der Waals surface area (Å²) in [6.45, 7) is 5.27. The zero-order valence-corrected chi connectivity index (χ0v) is 11.0. The van der Waals surface area contributed by atoms with Crippen LogP contribution in [0.3, 0.4) is 0 Å². The van der Waals surface area contributed by atoms with Gasteiger partial charge in [-0.05, 0) is 12.1 Å². The predicted octanol–water partition coefficient (Wildman–Crippen LogP) is 2.13. The molecule has 0 saturated carbocycles. The summed E-state index contributed by atoms with van der Waals surface area (Å²) in [6.07, 6.45) is 1.81. The average molecular weight is 249 g/mol. The molecule has 0 heterocycles. The number of rotatable bonds is 6. The van der Waals surface area contributed by atoms with E-state index in [4.69, 9.17) is 0 Å². The molecule has 1 aromatic rings. The van der Waals surface area contributed by atoms with Gasteiger partial charge in [-0.2, -0.15) is 0 Å². The van der Waals surface area contributed by atoms with Crippen LogP contribution in [0.25, 0.3) is 0 Å². The number of nitrogens with one attached hydrogen (secondary N) is 2. The molecule has 0 amide bonds. The lowest BCUT2D eigenvalue weighted by Gasteiger charge is -2.09. The van der Waals surface area contributed by atoms with E-state index in [1.54, 1.807) is 7.05 Å². The SMILES string of the molecule is C=CCNC(=NC)NCCSc1ccccc1. The first-order chi connectivity index (χ1) is 8.36. The summed E-state index contributed by atoms with van der Waals surface area (Å²) in [5, 5.41) is 6.37. The molecule has 1 rings (SSSR count). The van der Waals surface area contributed by atoms with Crippen molar-refractivity contribution in [3.05, 3.63) is 43.0 Å². The van der Waals surface area contributed by atoms with Gasteiger partial charge in [0.2, 0.25) is 0 Å². The highest BCUT2D eigenvalue weighted by Crippen LogP contribution is 2.15. The molecule has 0 aliphatic heterocycles. The third-order valence-corrected chi connectivity index (χ3v) is 3.06. The van der Waals surface area contributed by atoms with E-state index in [0.29, 0.717) is 0 Å². The van der Waals surface area contributed by atoms with Gasteiger partial charge in [-0.3, -0.25) is 4.99 Å². The second-order valence-corrected chi connectivity index (χ2v) is 4.50. The van der Waals surface area contributed by atoms with Crippen LogP contribution in [0.1, 0.15) is 0 Å². The normalized spacial score (nSPS) is 11.0. The molecule has 3 nitrogen and oxygen atoms in total. The van der Waals surface area contributed by atoms with Crippen molar-refractivity contribution >= 4 is 17.7 Å². The predicted molar refractivity (Wildman–Crippen MR) is 76.7 cm³/mol. The molecule has 0 fully saturated rings. The molecule has 0 aliphatic rings. The summed E-state index contributed by atoms with van der Waals surface area (Å²) in [7, 11) is 1.77. The highest BCUT2D eigenvalue weighted by atomic mass is 32.2. The molecule has 0 saturated heterocycles. The lowest BCUT2D eigenvalue weighted by molar-refractivity contribution is 0.885. The lowest BCUT2D eigenvalue weighted by Crippen LogP contribution is -2.38. The lowest BCUT2D eigenvalue weighted by atomic mass is 10.4. The van der Waals surface area contributed by atoms with Crippen molar-refractivity contribution in [1.82, 2.24) is 10.6 Å². The highest BCUT2D eigenvalue weighted by molar-refractivity contribution is 7.99. The van der Waals surface area contributed by atoms with Crippen LogP contribution in [0.15, 0.2) is 52.9 Å². The van der Waals surface area contributed by atoms with E-state index in [1.165, 1.54) is 4.90 Å². The molecule has 0 unspecified atom stereocenters. The smallest absolute Gasteiger partial charge is 0.191 e. The van der Waals surface area contributed by atoms with Gasteiger partial charge in [0.1, 0.15) is 0 Å². The zero-order valence-electron chi connectivity index (χ0n) is 10.1. The molecule has 1 aromatic carbocycles. The first-order valence-electron chi connectivity index (χ1n) is 5.60. The third kappa shape index (κ3) is 6.02. The molecular formula is C13H19N3S. The standard InChI is InChI=1S/C13H19N3S/c1-3-9-15-13(14-2)16-10-11-17-12-7-5-4-6-8-12/h3-8H,1,9-11H2,2H3,(H2,14,15,16). The Balaban J connectivity index is 2.17. The van der Waals surface area contributed by atoms with Crippen molar-refractivity contribution in [1.29, 1.82) is 0 Å². The Morgan fingerprint density at radius 3 is 2.76 bits per heavy atom. The first kappa shape index (κ1) is 13.6. The monoisotopic (exact) mass is 249 g/mol. The fourth-order valence-electron chi connectivity index (χ4n) is 1.24. The van der Waals surface area contributed by atoms with E-state index in [9.17, 15) is 0 Å². The van der Waals surface area contributed by atoms with Gasteiger partial charge in [0, 0.05) is 30.8 Å². The van der Waals surface area contributed by atoms with Gasteiger partial charge >= 0.3 is 0 Å². The van der Waals surface area contributed by atoms with Crippen LogP contribution in [-0.2, 0) is 0 Å². The minimum atomic E-state index is 0.728.